The predicted octanol–water partition coefficient (Wildman–Crippen LogP) is 5.37. The first-order valence-corrected chi connectivity index (χ1v) is 15.9. The highest BCUT2D eigenvalue weighted by molar-refractivity contribution is 5.67. The van der Waals surface area contributed by atoms with Gasteiger partial charge in [-0.05, 0) is 87.9 Å². The molecule has 3 aliphatic rings. The molecule has 226 valence electrons. The smallest absolute Gasteiger partial charge is 0.407 e. The maximum absolute atomic E-state index is 12.5. The van der Waals surface area contributed by atoms with Crippen LogP contribution in [0.1, 0.15) is 49.1 Å². The molecule has 3 fully saturated rings. The summed E-state index contributed by atoms with van der Waals surface area (Å²) in [7, 11) is 1.65. The highest BCUT2D eigenvalue weighted by Crippen LogP contribution is 2.52. The van der Waals surface area contributed by atoms with E-state index in [0.717, 1.165) is 77.2 Å². The Morgan fingerprint density at radius 3 is 2.47 bits per heavy atom. The summed E-state index contributed by atoms with van der Waals surface area (Å²) in [5, 5.41) is 11.8. The summed E-state index contributed by atoms with van der Waals surface area (Å²) >= 11 is 0. The fraction of sp³-hybridized carbons (Fsp3) is 0.514. The van der Waals surface area contributed by atoms with Crippen molar-refractivity contribution in [2.24, 2.45) is 17.8 Å². The molecule has 1 aliphatic carbocycles. The topological polar surface area (TPSA) is 86.4 Å². The number of aryl methyl sites for hydroxylation is 1. The molecule has 1 amide bonds. The van der Waals surface area contributed by atoms with Gasteiger partial charge in [-0.2, -0.15) is 5.26 Å². The molecular weight excluding hydrogens is 536 g/mol. The first-order chi connectivity index (χ1) is 21.0. The van der Waals surface area contributed by atoms with Crippen LogP contribution in [0.2, 0.25) is 0 Å². The van der Waals surface area contributed by atoms with Gasteiger partial charge >= 0.3 is 6.09 Å². The van der Waals surface area contributed by atoms with Crippen LogP contribution < -0.4 is 10.2 Å². The lowest BCUT2D eigenvalue weighted by molar-refractivity contribution is 0.00180. The van der Waals surface area contributed by atoms with Crippen molar-refractivity contribution in [3.05, 3.63) is 83.9 Å². The Labute approximate surface area is 255 Å². The second-order valence-corrected chi connectivity index (χ2v) is 12.7. The van der Waals surface area contributed by atoms with Crippen molar-refractivity contribution >= 4 is 11.8 Å². The molecule has 0 spiro atoms. The maximum atomic E-state index is 12.5. The summed E-state index contributed by atoms with van der Waals surface area (Å²) in [5.41, 5.74) is 3.11. The van der Waals surface area contributed by atoms with Gasteiger partial charge in [0.15, 0.2) is 0 Å². The van der Waals surface area contributed by atoms with E-state index in [-0.39, 0.29) is 23.5 Å². The summed E-state index contributed by atoms with van der Waals surface area (Å²) < 4.78 is 8.41. The predicted molar refractivity (Wildman–Crippen MR) is 168 cm³/mol. The molecule has 2 saturated heterocycles. The van der Waals surface area contributed by atoms with Gasteiger partial charge in [-0.25, -0.2) is 9.78 Å². The number of carbonyl (C=O) groups is 1. The Morgan fingerprint density at radius 1 is 1.07 bits per heavy atom. The monoisotopic (exact) mass is 580 g/mol. The molecule has 43 heavy (non-hydrogen) atoms. The first-order valence-electron chi connectivity index (χ1n) is 15.9. The lowest BCUT2D eigenvalue weighted by Gasteiger charge is -2.51. The number of nitriles is 1. The van der Waals surface area contributed by atoms with Crippen LogP contribution in [-0.4, -0.2) is 66.4 Å². The van der Waals surface area contributed by atoms with Crippen molar-refractivity contribution in [1.29, 1.82) is 5.26 Å². The SMILES string of the molecule is CNC(=O)O[C@H]1CCC[C@@H]1C(Cn1ccnc1C)(c1ccccc1)C1CCN(CC2CN(c3ccc(C#N)cc3)C2)CC1. The van der Waals surface area contributed by atoms with E-state index in [9.17, 15) is 4.79 Å². The van der Waals surface area contributed by atoms with Gasteiger partial charge in [-0.1, -0.05) is 30.3 Å². The largest absolute Gasteiger partial charge is 0.446 e. The fourth-order valence-corrected chi connectivity index (χ4v) is 8.18. The number of ether oxygens (including phenoxy) is 1. The van der Waals surface area contributed by atoms with Gasteiger partial charge in [0.05, 0.1) is 11.6 Å². The fourth-order valence-electron chi connectivity index (χ4n) is 8.18. The molecule has 8 nitrogen and oxygen atoms in total. The molecule has 1 N–H and O–H groups in total. The molecule has 2 aromatic carbocycles. The van der Waals surface area contributed by atoms with Crippen molar-refractivity contribution in [2.75, 3.05) is 44.7 Å². The summed E-state index contributed by atoms with van der Waals surface area (Å²) in [4.78, 5) is 22.1. The van der Waals surface area contributed by atoms with E-state index in [0.29, 0.717) is 17.4 Å². The van der Waals surface area contributed by atoms with Crippen LogP contribution in [0.4, 0.5) is 10.5 Å². The molecule has 1 aromatic heterocycles. The number of carbonyl (C=O) groups excluding carboxylic acids is 1. The van der Waals surface area contributed by atoms with Crippen LogP contribution >= 0.6 is 0 Å². The number of imidazole rings is 1. The normalized spacial score (nSPS) is 22.9. The van der Waals surface area contributed by atoms with E-state index < -0.39 is 0 Å². The Balaban J connectivity index is 1.20. The van der Waals surface area contributed by atoms with Crippen LogP contribution in [-0.2, 0) is 16.7 Å². The van der Waals surface area contributed by atoms with Gasteiger partial charge in [0.1, 0.15) is 11.9 Å². The summed E-state index contributed by atoms with van der Waals surface area (Å²) in [6.07, 6.45) is 8.86. The lowest BCUT2D eigenvalue weighted by atomic mass is 9.58. The highest BCUT2D eigenvalue weighted by Gasteiger charge is 2.53. The van der Waals surface area contributed by atoms with Crippen molar-refractivity contribution < 1.29 is 9.53 Å². The van der Waals surface area contributed by atoms with E-state index in [2.05, 4.69) is 86.3 Å². The summed E-state index contributed by atoms with van der Waals surface area (Å²) in [6.45, 7) is 8.37. The number of alkyl carbamates (subject to hydrolysis) is 1. The third kappa shape index (κ3) is 6.01. The third-order valence-corrected chi connectivity index (χ3v) is 10.4. The van der Waals surface area contributed by atoms with Crippen LogP contribution in [0, 0.1) is 36.0 Å². The zero-order chi connectivity index (χ0) is 29.8. The number of hydrogen-bond donors (Lipinski definition) is 1. The second-order valence-electron chi connectivity index (χ2n) is 12.7. The van der Waals surface area contributed by atoms with Crippen LogP contribution in [0.3, 0.4) is 0 Å². The lowest BCUT2D eigenvalue weighted by Crippen LogP contribution is -2.55. The maximum Gasteiger partial charge on any atom is 0.407 e. The van der Waals surface area contributed by atoms with Gasteiger partial charge in [0, 0.05) is 68.6 Å². The zero-order valence-electron chi connectivity index (χ0n) is 25.5. The Morgan fingerprint density at radius 2 is 1.81 bits per heavy atom. The number of aromatic nitrogens is 2. The van der Waals surface area contributed by atoms with Gasteiger partial charge in [0.2, 0.25) is 0 Å². The Bertz CT molecular complexity index is 1400. The van der Waals surface area contributed by atoms with E-state index in [4.69, 9.17) is 10.00 Å². The number of piperidine rings is 1. The zero-order valence-corrected chi connectivity index (χ0v) is 25.5. The van der Waals surface area contributed by atoms with Crippen molar-refractivity contribution in [3.63, 3.8) is 0 Å². The molecule has 8 heteroatoms. The molecule has 2 aliphatic heterocycles. The minimum absolute atomic E-state index is 0.106. The summed E-state index contributed by atoms with van der Waals surface area (Å²) in [6, 6.07) is 21.2. The quantitative estimate of drug-likeness (QED) is 0.366. The Hall–Kier alpha value is -3.83. The van der Waals surface area contributed by atoms with Gasteiger partial charge in [0.25, 0.3) is 0 Å². The average molecular weight is 581 g/mol. The highest BCUT2D eigenvalue weighted by atomic mass is 16.6. The Kier molecular flexibility index (Phi) is 8.71. The van der Waals surface area contributed by atoms with E-state index in [1.165, 1.54) is 11.3 Å². The third-order valence-electron chi connectivity index (χ3n) is 10.4. The minimum atomic E-state index is -0.331. The number of amides is 1. The summed E-state index contributed by atoms with van der Waals surface area (Å²) in [5.74, 6) is 2.39. The van der Waals surface area contributed by atoms with Crippen LogP contribution in [0.15, 0.2) is 67.0 Å². The van der Waals surface area contributed by atoms with Gasteiger partial charge in [-0.3, -0.25) is 0 Å². The molecule has 6 rings (SSSR count). The first kappa shape index (κ1) is 29.3. The van der Waals surface area contributed by atoms with Crippen LogP contribution in [0.25, 0.3) is 0 Å². The average Bonchev–Trinajstić information content (AvgIpc) is 3.66. The number of likely N-dealkylation sites (tertiary alicyclic amines) is 1. The number of nitrogens with one attached hydrogen (secondary N) is 1. The van der Waals surface area contributed by atoms with Gasteiger partial charge in [-0.15, -0.1) is 0 Å². The number of nitrogens with zero attached hydrogens (tertiary/aromatic N) is 5. The minimum Gasteiger partial charge on any atom is -0.446 e. The number of rotatable bonds is 9. The van der Waals surface area contributed by atoms with E-state index in [1.54, 1.807) is 7.05 Å². The van der Waals surface area contributed by atoms with Crippen LogP contribution in [0.5, 0.6) is 0 Å². The number of benzene rings is 2. The van der Waals surface area contributed by atoms with Crippen molar-refractivity contribution in [1.82, 2.24) is 19.8 Å². The molecule has 1 unspecified atom stereocenters. The molecule has 1 saturated carbocycles. The molecular formula is C35H44N6O2. The molecule has 0 bridgehead atoms. The van der Waals surface area contributed by atoms with E-state index >= 15 is 0 Å². The number of hydrogen-bond acceptors (Lipinski definition) is 6. The number of anilines is 1. The molecule has 3 aromatic rings. The molecule has 3 atom stereocenters. The van der Waals surface area contributed by atoms with Crippen molar-refractivity contribution in [2.45, 2.75) is 57.1 Å². The second kappa shape index (κ2) is 12.8. The van der Waals surface area contributed by atoms with Gasteiger partial charge < -0.3 is 24.4 Å². The van der Waals surface area contributed by atoms with E-state index in [1.807, 2.05) is 18.3 Å². The molecule has 0 radical (unpaired) electrons. The van der Waals surface area contributed by atoms with Crippen molar-refractivity contribution in [3.8, 4) is 6.07 Å². The molecule has 3 heterocycles. The standard InChI is InChI=1S/C35H44N6O2/c1-26-38-17-20-40(26)25-35(29-7-4-3-5-8-29,32-9-6-10-33(32)43-34(42)37-2)30-15-18-39(19-16-30)22-28-23-41(24-28)31-13-11-27(21-36)12-14-31/h3-5,7-8,11-14,17,20,28,30,32-33H,6,9-10,15-16,18-19,22-25H2,1-2H3,(H,37,42)/t32-,33-,35?/m0/s1.